The van der Waals surface area contributed by atoms with Crippen molar-refractivity contribution < 1.29 is 9.90 Å². The molecule has 2 nitrogen and oxygen atoms in total. The number of halogens is 1. The van der Waals surface area contributed by atoms with Crippen molar-refractivity contribution >= 4 is 17.6 Å². The molecule has 1 aliphatic rings. The molecular weight excluding hydrogens is 248 g/mol. The fourth-order valence-corrected chi connectivity index (χ4v) is 3.11. The number of rotatable bonds is 4. The normalized spacial score (nSPS) is 18.5. The van der Waals surface area contributed by atoms with Gasteiger partial charge >= 0.3 is 5.97 Å². The molecule has 0 spiro atoms. The molecule has 1 unspecified atom stereocenters. The van der Waals surface area contributed by atoms with Crippen LogP contribution in [-0.4, -0.2) is 11.1 Å². The highest BCUT2D eigenvalue weighted by Crippen LogP contribution is 2.33. The molecule has 3 heteroatoms. The second kappa shape index (κ2) is 6.24. The van der Waals surface area contributed by atoms with Crippen LogP contribution in [0.15, 0.2) is 24.3 Å². The summed E-state index contributed by atoms with van der Waals surface area (Å²) >= 11 is 6.12. The molecule has 1 saturated carbocycles. The van der Waals surface area contributed by atoms with Crippen LogP contribution < -0.4 is 0 Å². The fourth-order valence-electron chi connectivity index (χ4n) is 2.89. The summed E-state index contributed by atoms with van der Waals surface area (Å²) in [5.74, 6) is -0.653. The summed E-state index contributed by atoms with van der Waals surface area (Å²) in [5, 5.41) is 10.1. The van der Waals surface area contributed by atoms with Crippen LogP contribution in [0.1, 0.15) is 37.7 Å². The van der Waals surface area contributed by atoms with Crippen molar-refractivity contribution in [1.82, 2.24) is 0 Å². The Hall–Kier alpha value is -1.02. The van der Waals surface area contributed by atoms with Gasteiger partial charge in [0.25, 0.3) is 0 Å². The molecule has 18 heavy (non-hydrogen) atoms. The lowest BCUT2D eigenvalue weighted by Gasteiger charge is -2.27. The summed E-state index contributed by atoms with van der Waals surface area (Å²) in [4.78, 5) is 11.5. The van der Waals surface area contributed by atoms with E-state index in [1.165, 1.54) is 6.42 Å². The van der Waals surface area contributed by atoms with Crippen LogP contribution in [0, 0.1) is 11.8 Å². The number of benzene rings is 1. The van der Waals surface area contributed by atoms with Crippen LogP contribution in [0.4, 0.5) is 0 Å². The Morgan fingerprint density at radius 3 is 2.56 bits per heavy atom. The third-order valence-corrected chi connectivity index (χ3v) is 4.30. The second-order valence-electron chi connectivity index (χ2n) is 5.14. The standard InChI is InChI=1S/C15H19ClO2/c16-14-9-5-4-8-12(14)10-13(15(17)18)11-6-2-1-3-7-11/h4-5,8-9,11,13H,1-3,6-7,10H2,(H,17,18). The topological polar surface area (TPSA) is 37.3 Å². The number of aliphatic carboxylic acids is 1. The largest absolute Gasteiger partial charge is 0.481 e. The van der Waals surface area contributed by atoms with E-state index < -0.39 is 5.97 Å². The molecule has 0 heterocycles. The van der Waals surface area contributed by atoms with Gasteiger partial charge in [-0.1, -0.05) is 49.1 Å². The first-order chi connectivity index (χ1) is 8.68. The Morgan fingerprint density at radius 2 is 1.94 bits per heavy atom. The minimum Gasteiger partial charge on any atom is -0.481 e. The van der Waals surface area contributed by atoms with E-state index in [-0.39, 0.29) is 5.92 Å². The van der Waals surface area contributed by atoms with Crippen molar-refractivity contribution in [3.63, 3.8) is 0 Å². The van der Waals surface area contributed by atoms with Crippen LogP contribution >= 0.6 is 11.6 Å². The number of carbonyl (C=O) groups is 1. The highest BCUT2D eigenvalue weighted by Gasteiger charge is 2.29. The van der Waals surface area contributed by atoms with Gasteiger partial charge in [-0.05, 0) is 36.8 Å². The summed E-state index contributed by atoms with van der Waals surface area (Å²) in [5.41, 5.74) is 0.956. The van der Waals surface area contributed by atoms with Gasteiger partial charge in [-0.15, -0.1) is 0 Å². The monoisotopic (exact) mass is 266 g/mol. The molecule has 0 aromatic heterocycles. The maximum atomic E-state index is 11.5. The molecule has 1 N–H and O–H groups in total. The van der Waals surface area contributed by atoms with Gasteiger partial charge in [-0.25, -0.2) is 0 Å². The van der Waals surface area contributed by atoms with Gasteiger partial charge in [0.05, 0.1) is 5.92 Å². The summed E-state index contributed by atoms with van der Waals surface area (Å²) < 4.78 is 0. The lowest BCUT2D eigenvalue weighted by Crippen LogP contribution is -2.27. The Balaban J connectivity index is 2.11. The molecule has 0 amide bonds. The van der Waals surface area contributed by atoms with Gasteiger partial charge in [0, 0.05) is 5.02 Å². The predicted octanol–water partition coefficient (Wildman–Crippen LogP) is 4.16. The molecule has 0 bridgehead atoms. The fraction of sp³-hybridized carbons (Fsp3) is 0.533. The molecule has 0 aliphatic heterocycles. The first kappa shape index (κ1) is 13.4. The average molecular weight is 267 g/mol. The average Bonchev–Trinajstić information content (AvgIpc) is 2.38. The molecule has 1 aliphatic carbocycles. The molecule has 0 radical (unpaired) electrons. The van der Waals surface area contributed by atoms with Crippen molar-refractivity contribution in [2.45, 2.75) is 38.5 Å². The van der Waals surface area contributed by atoms with Gasteiger partial charge in [-0.2, -0.15) is 0 Å². The number of carboxylic acids is 1. The van der Waals surface area contributed by atoms with E-state index in [1.54, 1.807) is 0 Å². The van der Waals surface area contributed by atoms with E-state index >= 15 is 0 Å². The van der Waals surface area contributed by atoms with Gasteiger partial charge in [-0.3, -0.25) is 4.79 Å². The SMILES string of the molecule is O=C(O)C(Cc1ccccc1Cl)C1CCCCC1. The van der Waals surface area contributed by atoms with Crippen LogP contribution in [-0.2, 0) is 11.2 Å². The van der Waals surface area contributed by atoms with Crippen molar-refractivity contribution in [2.75, 3.05) is 0 Å². The smallest absolute Gasteiger partial charge is 0.307 e. The molecule has 1 fully saturated rings. The summed E-state index contributed by atoms with van der Waals surface area (Å²) in [6.45, 7) is 0. The van der Waals surface area contributed by atoms with Crippen LogP contribution in [0.5, 0.6) is 0 Å². The lowest BCUT2D eigenvalue weighted by atomic mass is 9.77. The Kier molecular flexibility index (Phi) is 4.65. The zero-order chi connectivity index (χ0) is 13.0. The van der Waals surface area contributed by atoms with E-state index in [9.17, 15) is 9.90 Å². The van der Waals surface area contributed by atoms with Crippen molar-refractivity contribution in [3.8, 4) is 0 Å². The third kappa shape index (κ3) is 3.26. The second-order valence-corrected chi connectivity index (χ2v) is 5.55. The zero-order valence-corrected chi connectivity index (χ0v) is 11.2. The maximum absolute atomic E-state index is 11.5. The van der Waals surface area contributed by atoms with E-state index in [0.717, 1.165) is 31.2 Å². The van der Waals surface area contributed by atoms with E-state index in [0.29, 0.717) is 17.4 Å². The summed E-state index contributed by atoms with van der Waals surface area (Å²) in [6.07, 6.45) is 6.21. The highest BCUT2D eigenvalue weighted by atomic mass is 35.5. The minimum atomic E-state index is -0.679. The molecule has 1 aromatic rings. The van der Waals surface area contributed by atoms with Crippen LogP contribution in [0.25, 0.3) is 0 Å². The van der Waals surface area contributed by atoms with Crippen LogP contribution in [0.3, 0.4) is 0 Å². The third-order valence-electron chi connectivity index (χ3n) is 3.93. The molecule has 1 aromatic carbocycles. The predicted molar refractivity (Wildman–Crippen MR) is 72.9 cm³/mol. The summed E-state index contributed by atoms with van der Waals surface area (Å²) in [6, 6.07) is 7.56. The highest BCUT2D eigenvalue weighted by molar-refractivity contribution is 6.31. The zero-order valence-electron chi connectivity index (χ0n) is 10.4. The molecule has 0 saturated heterocycles. The Morgan fingerprint density at radius 1 is 1.28 bits per heavy atom. The van der Waals surface area contributed by atoms with Crippen molar-refractivity contribution in [2.24, 2.45) is 11.8 Å². The maximum Gasteiger partial charge on any atom is 0.307 e. The molecule has 98 valence electrons. The number of carboxylic acid groups (broad SMARTS) is 1. The lowest BCUT2D eigenvalue weighted by molar-refractivity contribution is -0.144. The number of hydrogen-bond acceptors (Lipinski definition) is 1. The summed E-state index contributed by atoms with van der Waals surface area (Å²) in [7, 11) is 0. The Bertz CT molecular complexity index is 411. The number of hydrogen-bond donors (Lipinski definition) is 1. The van der Waals surface area contributed by atoms with Gasteiger partial charge in [0.15, 0.2) is 0 Å². The van der Waals surface area contributed by atoms with Gasteiger partial charge in [0.1, 0.15) is 0 Å². The molecule has 2 rings (SSSR count). The van der Waals surface area contributed by atoms with Gasteiger partial charge in [0.2, 0.25) is 0 Å². The van der Waals surface area contributed by atoms with Crippen molar-refractivity contribution in [1.29, 1.82) is 0 Å². The minimum absolute atomic E-state index is 0.287. The Labute approximate surface area is 113 Å². The van der Waals surface area contributed by atoms with E-state index in [2.05, 4.69) is 0 Å². The van der Waals surface area contributed by atoms with Crippen molar-refractivity contribution in [3.05, 3.63) is 34.9 Å². The van der Waals surface area contributed by atoms with Gasteiger partial charge < -0.3 is 5.11 Å². The quantitative estimate of drug-likeness (QED) is 0.888. The first-order valence-corrected chi connectivity index (χ1v) is 7.02. The molecule has 1 atom stereocenters. The molecular formula is C15H19ClO2. The first-order valence-electron chi connectivity index (χ1n) is 6.64. The van der Waals surface area contributed by atoms with Crippen LogP contribution in [0.2, 0.25) is 5.02 Å². The van der Waals surface area contributed by atoms with E-state index in [1.807, 2.05) is 24.3 Å². The van der Waals surface area contributed by atoms with E-state index in [4.69, 9.17) is 11.6 Å².